The van der Waals surface area contributed by atoms with Crippen LogP contribution in [0.3, 0.4) is 0 Å². The highest BCUT2D eigenvalue weighted by molar-refractivity contribution is 6.31. The van der Waals surface area contributed by atoms with E-state index in [1.54, 1.807) is 18.2 Å². The molecule has 1 aromatic heterocycles. The van der Waals surface area contributed by atoms with Crippen LogP contribution < -0.4 is 10.6 Å². The number of aromatic nitrogens is 1. The van der Waals surface area contributed by atoms with Crippen molar-refractivity contribution in [2.45, 2.75) is 13.2 Å². The smallest absolute Gasteiger partial charge is 0.429 e. The summed E-state index contributed by atoms with van der Waals surface area (Å²) >= 11 is 6.22. The first-order valence-corrected chi connectivity index (χ1v) is 10.4. The van der Waals surface area contributed by atoms with Gasteiger partial charge >= 0.3 is 6.09 Å². The third-order valence-corrected chi connectivity index (χ3v) is 5.43. The summed E-state index contributed by atoms with van der Waals surface area (Å²) in [6.45, 7) is -0.416. The largest absolute Gasteiger partial charge is 0.443 e. The summed E-state index contributed by atoms with van der Waals surface area (Å²) in [5.74, 6) is 0. The maximum absolute atomic E-state index is 13.4. The van der Waals surface area contributed by atoms with Crippen molar-refractivity contribution in [1.82, 2.24) is 4.68 Å². The Kier molecular flexibility index (Phi) is 6.25. The standard InChI is InChI=1S/C25H21ClN2O4/c1-27(25(31)32-16-17-8-4-2-5-9-17)28-22(15-29)23(18-10-6-3-7-11-18)21-14-19(26)12-13-20(21)24(28)30/h2-14,29H,15-16H2,1H3. The van der Waals surface area contributed by atoms with Gasteiger partial charge in [-0.25, -0.2) is 14.5 Å². The van der Waals surface area contributed by atoms with Crippen molar-refractivity contribution >= 4 is 28.5 Å². The van der Waals surface area contributed by atoms with E-state index in [0.29, 0.717) is 21.4 Å². The van der Waals surface area contributed by atoms with E-state index in [9.17, 15) is 14.7 Å². The molecule has 0 aliphatic carbocycles. The molecule has 0 atom stereocenters. The zero-order valence-corrected chi connectivity index (χ0v) is 18.1. The van der Waals surface area contributed by atoms with Crippen LogP contribution in [0.2, 0.25) is 5.02 Å². The maximum Gasteiger partial charge on any atom is 0.429 e. The predicted molar refractivity (Wildman–Crippen MR) is 125 cm³/mol. The summed E-state index contributed by atoms with van der Waals surface area (Å²) in [4.78, 5) is 26.2. The molecule has 0 aliphatic rings. The quantitative estimate of drug-likeness (QED) is 0.479. The summed E-state index contributed by atoms with van der Waals surface area (Å²) in [7, 11) is 1.43. The van der Waals surface area contributed by atoms with Gasteiger partial charge < -0.3 is 9.84 Å². The first-order chi connectivity index (χ1) is 15.5. The second-order valence-electron chi connectivity index (χ2n) is 7.22. The molecular weight excluding hydrogens is 428 g/mol. The molecular formula is C25H21ClN2O4. The first kappa shape index (κ1) is 21.6. The number of halogens is 1. The molecule has 6 nitrogen and oxygen atoms in total. The Balaban J connectivity index is 1.85. The number of hydrogen-bond acceptors (Lipinski definition) is 4. The highest BCUT2D eigenvalue weighted by Crippen LogP contribution is 2.32. The van der Waals surface area contributed by atoms with Gasteiger partial charge in [-0.1, -0.05) is 72.3 Å². The zero-order valence-electron chi connectivity index (χ0n) is 17.4. The molecule has 0 fully saturated rings. The second kappa shape index (κ2) is 9.26. The van der Waals surface area contributed by atoms with Crippen molar-refractivity contribution in [2.75, 3.05) is 12.1 Å². The van der Waals surface area contributed by atoms with Crippen LogP contribution in [0.1, 0.15) is 11.3 Å². The monoisotopic (exact) mass is 448 g/mol. The molecule has 0 spiro atoms. The summed E-state index contributed by atoms with van der Waals surface area (Å²) in [6, 6.07) is 23.5. The van der Waals surface area contributed by atoms with Gasteiger partial charge in [0.15, 0.2) is 0 Å². The Labute approximate surface area is 189 Å². The number of amides is 1. The Morgan fingerprint density at radius 3 is 2.31 bits per heavy atom. The Bertz CT molecular complexity index is 1320. The fourth-order valence-corrected chi connectivity index (χ4v) is 3.86. The molecule has 1 heterocycles. The summed E-state index contributed by atoms with van der Waals surface area (Å²) in [5.41, 5.74) is 2.02. The van der Waals surface area contributed by atoms with E-state index >= 15 is 0 Å². The molecule has 4 aromatic rings. The van der Waals surface area contributed by atoms with Crippen LogP contribution in [0.5, 0.6) is 0 Å². The minimum Gasteiger partial charge on any atom is -0.443 e. The molecule has 1 amide bonds. The Morgan fingerprint density at radius 1 is 1.00 bits per heavy atom. The van der Waals surface area contributed by atoms with Gasteiger partial charge in [0.1, 0.15) is 6.61 Å². The lowest BCUT2D eigenvalue weighted by atomic mass is 9.97. The number of carbonyl (C=O) groups is 1. The van der Waals surface area contributed by atoms with Crippen LogP contribution in [0.4, 0.5) is 4.79 Å². The van der Waals surface area contributed by atoms with E-state index in [-0.39, 0.29) is 12.3 Å². The Morgan fingerprint density at radius 2 is 1.66 bits per heavy atom. The number of nitrogens with zero attached hydrogens (tertiary/aromatic N) is 2. The van der Waals surface area contributed by atoms with Gasteiger partial charge in [-0.2, -0.15) is 0 Å². The lowest BCUT2D eigenvalue weighted by molar-refractivity contribution is 0.141. The summed E-state index contributed by atoms with van der Waals surface area (Å²) < 4.78 is 6.56. The molecule has 32 heavy (non-hydrogen) atoms. The van der Waals surface area contributed by atoms with E-state index < -0.39 is 18.3 Å². The molecule has 0 bridgehead atoms. The number of fused-ring (bicyclic) bond motifs is 1. The Hall–Kier alpha value is -3.61. The fraction of sp³-hybridized carbons (Fsp3) is 0.120. The molecule has 0 saturated heterocycles. The normalized spacial score (nSPS) is 10.8. The molecule has 0 radical (unpaired) electrons. The number of aliphatic hydroxyl groups is 1. The molecule has 3 aromatic carbocycles. The summed E-state index contributed by atoms with van der Waals surface area (Å²) in [6.07, 6.45) is -0.724. The van der Waals surface area contributed by atoms with Crippen LogP contribution in [-0.4, -0.2) is 22.9 Å². The average Bonchev–Trinajstić information content (AvgIpc) is 2.83. The highest BCUT2D eigenvalue weighted by atomic mass is 35.5. The third-order valence-electron chi connectivity index (χ3n) is 5.20. The van der Waals surface area contributed by atoms with Gasteiger partial charge in [0.05, 0.1) is 12.3 Å². The molecule has 0 unspecified atom stereocenters. The van der Waals surface area contributed by atoms with Crippen LogP contribution in [0, 0.1) is 0 Å². The van der Waals surface area contributed by atoms with Gasteiger partial charge in [0, 0.05) is 23.0 Å². The van der Waals surface area contributed by atoms with Crippen LogP contribution in [-0.2, 0) is 18.0 Å². The van der Waals surface area contributed by atoms with E-state index in [0.717, 1.165) is 20.8 Å². The first-order valence-electron chi connectivity index (χ1n) is 9.99. The number of hydrogen-bond donors (Lipinski definition) is 1. The number of rotatable bonds is 5. The molecule has 0 saturated carbocycles. The topological polar surface area (TPSA) is 71.8 Å². The molecule has 1 N–H and O–H groups in total. The van der Waals surface area contributed by atoms with Gasteiger partial charge in [-0.15, -0.1) is 0 Å². The fourth-order valence-electron chi connectivity index (χ4n) is 3.69. The predicted octanol–water partition coefficient (Wildman–Crippen LogP) is 4.72. The SMILES string of the molecule is CN(C(=O)OCc1ccccc1)n1c(CO)c(-c2ccccc2)c2cc(Cl)ccc2c1=O. The number of benzene rings is 3. The van der Waals surface area contributed by atoms with E-state index in [2.05, 4.69) is 0 Å². The van der Waals surface area contributed by atoms with Gasteiger partial charge in [0.25, 0.3) is 5.56 Å². The third kappa shape index (κ3) is 4.10. The number of carbonyl (C=O) groups excluding carboxylic acids is 1. The highest BCUT2D eigenvalue weighted by Gasteiger charge is 2.23. The van der Waals surface area contributed by atoms with Gasteiger partial charge in [-0.3, -0.25) is 4.79 Å². The summed E-state index contributed by atoms with van der Waals surface area (Å²) in [5, 5.41) is 12.8. The average molecular weight is 449 g/mol. The van der Waals surface area contributed by atoms with Crippen molar-refractivity contribution in [1.29, 1.82) is 0 Å². The molecule has 7 heteroatoms. The zero-order chi connectivity index (χ0) is 22.7. The molecule has 0 aliphatic heterocycles. The lowest BCUT2D eigenvalue weighted by Gasteiger charge is -2.25. The van der Waals surface area contributed by atoms with Crippen molar-refractivity contribution < 1.29 is 14.6 Å². The van der Waals surface area contributed by atoms with Gasteiger partial charge in [-0.05, 0) is 34.7 Å². The number of pyridine rings is 1. The molecule has 162 valence electrons. The molecule has 4 rings (SSSR count). The van der Waals surface area contributed by atoms with Crippen molar-refractivity contribution in [2.24, 2.45) is 0 Å². The second-order valence-corrected chi connectivity index (χ2v) is 7.65. The van der Waals surface area contributed by atoms with Crippen LogP contribution in [0.15, 0.2) is 83.7 Å². The lowest BCUT2D eigenvalue weighted by Crippen LogP contribution is -2.45. The van der Waals surface area contributed by atoms with Crippen molar-refractivity contribution in [3.8, 4) is 11.1 Å². The minimum absolute atomic E-state index is 0.0575. The van der Waals surface area contributed by atoms with Crippen LogP contribution in [0.25, 0.3) is 21.9 Å². The van der Waals surface area contributed by atoms with E-state index in [1.807, 2.05) is 60.7 Å². The van der Waals surface area contributed by atoms with Crippen molar-refractivity contribution in [3.05, 3.63) is 105 Å². The number of ether oxygens (including phenoxy) is 1. The van der Waals surface area contributed by atoms with Crippen LogP contribution >= 0.6 is 11.6 Å². The number of aliphatic hydroxyl groups excluding tert-OH is 1. The van der Waals surface area contributed by atoms with Crippen molar-refractivity contribution in [3.63, 3.8) is 0 Å². The minimum atomic E-state index is -0.724. The van der Waals surface area contributed by atoms with Gasteiger partial charge in [0.2, 0.25) is 0 Å². The van der Waals surface area contributed by atoms with E-state index in [4.69, 9.17) is 16.3 Å². The van der Waals surface area contributed by atoms with E-state index in [1.165, 1.54) is 7.05 Å². The maximum atomic E-state index is 13.4.